The topological polar surface area (TPSA) is 66.4 Å². The Kier molecular flexibility index (Phi) is 6.55. The smallest absolute Gasteiger partial charge is 0.305 e. The summed E-state index contributed by atoms with van der Waals surface area (Å²) in [4.78, 5) is 22.3. The first kappa shape index (κ1) is 16.5. The van der Waals surface area contributed by atoms with E-state index in [1.165, 1.54) is 12.2 Å². The number of halogens is 2. The molecule has 6 heteroatoms. The van der Waals surface area contributed by atoms with Gasteiger partial charge in [0.05, 0.1) is 6.42 Å². The van der Waals surface area contributed by atoms with Gasteiger partial charge in [0.25, 0.3) is 0 Å². The van der Waals surface area contributed by atoms with Crippen LogP contribution in [-0.4, -0.2) is 23.0 Å². The van der Waals surface area contributed by atoms with Crippen molar-refractivity contribution in [3.05, 3.63) is 39.9 Å². The van der Waals surface area contributed by atoms with Crippen LogP contribution < -0.4 is 5.32 Å². The normalized spacial score (nSPS) is 12.3. The summed E-state index contributed by atoms with van der Waals surface area (Å²) in [5.74, 6) is -1.33. The average Bonchev–Trinajstić information content (AvgIpc) is 2.36. The molecule has 1 rings (SSSR count). The van der Waals surface area contributed by atoms with E-state index in [-0.39, 0.29) is 12.3 Å². The quantitative estimate of drug-likeness (QED) is 0.791. The van der Waals surface area contributed by atoms with Gasteiger partial charge in [-0.2, -0.15) is 0 Å². The third-order valence-corrected chi connectivity index (χ3v) is 3.32. The molecule has 0 heterocycles. The molecule has 0 aliphatic heterocycles. The van der Waals surface area contributed by atoms with Crippen molar-refractivity contribution >= 4 is 41.2 Å². The molecule has 0 radical (unpaired) electrons. The van der Waals surface area contributed by atoms with E-state index in [4.69, 9.17) is 28.3 Å². The maximum Gasteiger partial charge on any atom is 0.305 e. The van der Waals surface area contributed by atoms with Gasteiger partial charge in [-0.25, -0.2) is 0 Å². The van der Waals surface area contributed by atoms with Crippen molar-refractivity contribution in [2.24, 2.45) is 0 Å². The number of carboxylic acids is 1. The highest BCUT2D eigenvalue weighted by Gasteiger charge is 2.12. The van der Waals surface area contributed by atoms with Crippen molar-refractivity contribution in [1.82, 2.24) is 5.32 Å². The highest BCUT2D eigenvalue weighted by molar-refractivity contribution is 6.37. The van der Waals surface area contributed by atoms with Crippen LogP contribution in [0.1, 0.15) is 25.3 Å². The number of nitrogens with one attached hydrogen (secondary N) is 1. The SMILES string of the molecule is CCC(CC(=O)O)NC(=O)/C=C/c1c(Cl)cccc1Cl. The predicted molar refractivity (Wildman–Crippen MR) is 80.0 cm³/mol. The van der Waals surface area contributed by atoms with Crippen LogP contribution in [0.5, 0.6) is 0 Å². The van der Waals surface area contributed by atoms with Crippen LogP contribution >= 0.6 is 23.2 Å². The van der Waals surface area contributed by atoms with Crippen LogP contribution in [-0.2, 0) is 9.59 Å². The van der Waals surface area contributed by atoms with Gasteiger partial charge in [-0.05, 0) is 24.6 Å². The van der Waals surface area contributed by atoms with Gasteiger partial charge in [0.15, 0.2) is 0 Å². The lowest BCUT2D eigenvalue weighted by molar-refractivity contribution is -0.137. The van der Waals surface area contributed by atoms with Crippen molar-refractivity contribution in [3.8, 4) is 0 Å². The monoisotopic (exact) mass is 315 g/mol. The molecule has 1 atom stereocenters. The maximum atomic E-state index is 11.7. The van der Waals surface area contributed by atoms with E-state index in [0.29, 0.717) is 22.0 Å². The second-order valence-corrected chi connectivity index (χ2v) is 4.99. The number of carboxylic acid groups (broad SMARTS) is 1. The summed E-state index contributed by atoms with van der Waals surface area (Å²) in [6.07, 6.45) is 3.23. The molecule has 1 unspecified atom stereocenters. The summed E-state index contributed by atoms with van der Waals surface area (Å²) >= 11 is 11.9. The number of aliphatic carboxylic acids is 1. The van der Waals surface area contributed by atoms with Crippen LogP contribution in [0.25, 0.3) is 6.08 Å². The molecule has 0 spiro atoms. The Morgan fingerprint density at radius 2 is 1.95 bits per heavy atom. The number of carbonyl (C=O) groups is 2. The second-order valence-electron chi connectivity index (χ2n) is 4.18. The van der Waals surface area contributed by atoms with E-state index in [9.17, 15) is 9.59 Å². The summed E-state index contributed by atoms with van der Waals surface area (Å²) in [6, 6.07) is 4.66. The third-order valence-electron chi connectivity index (χ3n) is 2.66. The van der Waals surface area contributed by atoms with Gasteiger partial charge in [0.2, 0.25) is 5.91 Å². The zero-order valence-electron chi connectivity index (χ0n) is 10.9. The van der Waals surface area contributed by atoms with Crippen LogP contribution in [0.4, 0.5) is 0 Å². The molecule has 0 aromatic heterocycles. The number of benzene rings is 1. The van der Waals surface area contributed by atoms with Crippen molar-refractivity contribution in [1.29, 1.82) is 0 Å². The van der Waals surface area contributed by atoms with E-state index in [0.717, 1.165) is 0 Å². The Morgan fingerprint density at radius 3 is 2.45 bits per heavy atom. The summed E-state index contributed by atoms with van der Waals surface area (Å²) in [7, 11) is 0. The number of amides is 1. The van der Waals surface area contributed by atoms with Gasteiger partial charge in [0.1, 0.15) is 0 Å². The molecule has 0 aliphatic rings. The molecule has 0 aliphatic carbocycles. The fourth-order valence-electron chi connectivity index (χ4n) is 1.59. The lowest BCUT2D eigenvalue weighted by Crippen LogP contribution is -2.34. The minimum atomic E-state index is -0.949. The van der Waals surface area contributed by atoms with E-state index in [1.54, 1.807) is 18.2 Å². The van der Waals surface area contributed by atoms with Gasteiger partial charge in [-0.1, -0.05) is 36.2 Å². The summed E-state index contributed by atoms with van der Waals surface area (Å²) in [5, 5.41) is 12.2. The molecule has 0 saturated carbocycles. The molecule has 0 saturated heterocycles. The molecule has 2 N–H and O–H groups in total. The summed E-state index contributed by atoms with van der Waals surface area (Å²) < 4.78 is 0. The molecule has 20 heavy (non-hydrogen) atoms. The maximum absolute atomic E-state index is 11.7. The predicted octanol–water partition coefficient (Wildman–Crippen LogP) is 3.38. The molecule has 1 aromatic rings. The minimum absolute atomic E-state index is 0.108. The van der Waals surface area contributed by atoms with Gasteiger partial charge in [-0.15, -0.1) is 0 Å². The van der Waals surface area contributed by atoms with Crippen molar-refractivity contribution < 1.29 is 14.7 Å². The van der Waals surface area contributed by atoms with E-state index in [1.807, 2.05) is 6.92 Å². The molecule has 1 amide bonds. The highest BCUT2D eigenvalue weighted by atomic mass is 35.5. The zero-order valence-corrected chi connectivity index (χ0v) is 12.4. The van der Waals surface area contributed by atoms with Gasteiger partial charge in [-0.3, -0.25) is 9.59 Å². The van der Waals surface area contributed by atoms with E-state index in [2.05, 4.69) is 5.32 Å². The Balaban J connectivity index is 2.70. The Hall–Kier alpha value is -1.52. The standard InChI is InChI=1S/C14H15Cl2NO3/c1-2-9(8-14(19)20)17-13(18)7-6-10-11(15)4-3-5-12(10)16/h3-7,9H,2,8H2,1H3,(H,17,18)(H,19,20)/b7-6+. The Morgan fingerprint density at radius 1 is 1.35 bits per heavy atom. The number of carbonyl (C=O) groups excluding carboxylic acids is 1. The molecular formula is C14H15Cl2NO3. The molecule has 4 nitrogen and oxygen atoms in total. The summed E-state index contributed by atoms with van der Waals surface area (Å²) in [6.45, 7) is 1.81. The van der Waals surface area contributed by atoms with Crippen LogP contribution in [0.3, 0.4) is 0 Å². The summed E-state index contributed by atoms with van der Waals surface area (Å²) in [5.41, 5.74) is 0.553. The lowest BCUT2D eigenvalue weighted by Gasteiger charge is -2.13. The van der Waals surface area contributed by atoms with Crippen molar-refractivity contribution in [2.75, 3.05) is 0 Å². The fourth-order valence-corrected chi connectivity index (χ4v) is 2.11. The first-order valence-corrected chi connectivity index (χ1v) is 6.84. The second kappa shape index (κ2) is 7.92. The van der Waals surface area contributed by atoms with Crippen molar-refractivity contribution in [3.63, 3.8) is 0 Å². The van der Waals surface area contributed by atoms with Crippen LogP contribution in [0.2, 0.25) is 10.0 Å². The molecule has 108 valence electrons. The molecule has 0 bridgehead atoms. The average molecular weight is 316 g/mol. The minimum Gasteiger partial charge on any atom is -0.481 e. The first-order chi connectivity index (χ1) is 9.43. The van der Waals surface area contributed by atoms with Crippen LogP contribution in [0.15, 0.2) is 24.3 Å². The van der Waals surface area contributed by atoms with E-state index >= 15 is 0 Å². The van der Waals surface area contributed by atoms with Crippen LogP contribution in [0, 0.1) is 0 Å². The lowest BCUT2D eigenvalue weighted by atomic mass is 10.1. The fraction of sp³-hybridized carbons (Fsp3) is 0.286. The van der Waals surface area contributed by atoms with Gasteiger partial charge < -0.3 is 10.4 Å². The first-order valence-electron chi connectivity index (χ1n) is 6.08. The number of hydrogen-bond donors (Lipinski definition) is 2. The largest absolute Gasteiger partial charge is 0.481 e. The third kappa shape index (κ3) is 5.23. The Bertz CT molecular complexity index is 509. The van der Waals surface area contributed by atoms with Gasteiger partial charge >= 0.3 is 5.97 Å². The molecule has 1 aromatic carbocycles. The number of hydrogen-bond acceptors (Lipinski definition) is 2. The van der Waals surface area contributed by atoms with Gasteiger partial charge in [0, 0.05) is 27.7 Å². The molecular weight excluding hydrogens is 301 g/mol. The zero-order chi connectivity index (χ0) is 15.1. The Labute approximate surface area is 127 Å². The van der Waals surface area contributed by atoms with E-state index < -0.39 is 12.0 Å². The molecule has 0 fully saturated rings. The number of rotatable bonds is 6. The van der Waals surface area contributed by atoms with Crippen molar-refractivity contribution in [2.45, 2.75) is 25.8 Å². The highest BCUT2D eigenvalue weighted by Crippen LogP contribution is 2.25.